The van der Waals surface area contributed by atoms with E-state index in [0.29, 0.717) is 24.6 Å². The molecule has 0 unspecified atom stereocenters. The van der Waals surface area contributed by atoms with Gasteiger partial charge in [-0.25, -0.2) is 0 Å². The van der Waals surface area contributed by atoms with Gasteiger partial charge in [-0.1, -0.05) is 23.4 Å². The van der Waals surface area contributed by atoms with E-state index in [0.717, 1.165) is 22.6 Å². The summed E-state index contributed by atoms with van der Waals surface area (Å²) in [5, 5.41) is 3.99. The molecular weight excluding hydrogens is 330 g/mol. The van der Waals surface area contributed by atoms with Crippen LogP contribution in [-0.4, -0.2) is 30.2 Å². The molecule has 3 aromatic rings. The number of aryl methyl sites for hydroxylation is 2. The van der Waals surface area contributed by atoms with E-state index in [1.807, 2.05) is 55.5 Å². The minimum atomic E-state index is 0.00324. The lowest BCUT2D eigenvalue weighted by atomic mass is 10.1. The molecule has 1 amide bonds. The molecule has 1 heterocycles. The van der Waals surface area contributed by atoms with Crippen LogP contribution < -0.4 is 9.64 Å². The van der Waals surface area contributed by atoms with E-state index in [-0.39, 0.29) is 5.91 Å². The van der Waals surface area contributed by atoms with Crippen molar-refractivity contribution < 1.29 is 14.1 Å². The van der Waals surface area contributed by atoms with Crippen molar-refractivity contribution in [3.63, 3.8) is 0 Å². The van der Waals surface area contributed by atoms with Gasteiger partial charge in [-0.15, -0.1) is 0 Å². The number of para-hydroxylation sites is 1. The molecule has 134 valence electrons. The maximum absolute atomic E-state index is 12.4. The second-order valence-corrected chi connectivity index (χ2v) is 5.98. The Labute approximate surface area is 152 Å². The number of amides is 1. The van der Waals surface area contributed by atoms with Crippen LogP contribution in [0.5, 0.6) is 5.75 Å². The molecule has 0 aliphatic rings. The van der Waals surface area contributed by atoms with Crippen molar-refractivity contribution in [3.05, 3.63) is 60.0 Å². The largest absolute Gasteiger partial charge is 0.497 e. The number of benzene rings is 2. The van der Waals surface area contributed by atoms with Gasteiger partial charge >= 0.3 is 0 Å². The van der Waals surface area contributed by atoms with E-state index >= 15 is 0 Å². The Bertz CT molecular complexity index is 887. The van der Waals surface area contributed by atoms with Gasteiger partial charge in [-0.2, -0.15) is 4.98 Å². The van der Waals surface area contributed by atoms with Gasteiger partial charge < -0.3 is 14.2 Å². The topological polar surface area (TPSA) is 68.5 Å². The third-order valence-corrected chi connectivity index (χ3v) is 4.22. The summed E-state index contributed by atoms with van der Waals surface area (Å²) in [7, 11) is 3.40. The van der Waals surface area contributed by atoms with E-state index in [4.69, 9.17) is 9.26 Å². The molecule has 0 saturated heterocycles. The summed E-state index contributed by atoms with van der Waals surface area (Å²) in [4.78, 5) is 18.5. The fraction of sp³-hybridized carbons (Fsp3) is 0.250. The summed E-state index contributed by atoms with van der Waals surface area (Å²) >= 11 is 0. The third-order valence-electron chi connectivity index (χ3n) is 4.22. The Balaban J connectivity index is 1.62. The van der Waals surface area contributed by atoms with Gasteiger partial charge in [0.1, 0.15) is 5.75 Å². The monoisotopic (exact) mass is 351 g/mol. The summed E-state index contributed by atoms with van der Waals surface area (Å²) in [6.07, 6.45) is 0.702. The highest BCUT2D eigenvalue weighted by Crippen LogP contribution is 2.21. The first-order valence-electron chi connectivity index (χ1n) is 8.37. The zero-order valence-corrected chi connectivity index (χ0v) is 15.1. The van der Waals surface area contributed by atoms with Gasteiger partial charge in [0, 0.05) is 31.1 Å². The molecule has 0 spiro atoms. The Morgan fingerprint density at radius 3 is 2.58 bits per heavy atom. The number of rotatable bonds is 6. The van der Waals surface area contributed by atoms with E-state index in [1.165, 1.54) is 0 Å². The predicted molar refractivity (Wildman–Crippen MR) is 99.2 cm³/mol. The molecule has 0 bridgehead atoms. The number of anilines is 1. The molecule has 0 atom stereocenters. The van der Waals surface area contributed by atoms with E-state index in [9.17, 15) is 4.79 Å². The zero-order valence-electron chi connectivity index (χ0n) is 15.1. The van der Waals surface area contributed by atoms with Crippen LogP contribution in [0.1, 0.15) is 17.9 Å². The number of carbonyl (C=O) groups excluding carboxylic acids is 1. The van der Waals surface area contributed by atoms with Crippen LogP contribution in [0.25, 0.3) is 11.4 Å². The number of hydrogen-bond acceptors (Lipinski definition) is 5. The molecule has 6 nitrogen and oxygen atoms in total. The standard InChI is InChI=1S/C20H21N3O3/c1-14-6-4-5-7-17(14)23(2)19(24)13-12-18-21-20(22-26-18)15-8-10-16(25-3)11-9-15/h4-11H,12-13H2,1-3H3. The van der Waals surface area contributed by atoms with Gasteiger partial charge in [-0.3, -0.25) is 4.79 Å². The molecule has 3 rings (SSSR count). The molecule has 0 fully saturated rings. The smallest absolute Gasteiger partial charge is 0.227 e. The zero-order chi connectivity index (χ0) is 18.5. The summed E-state index contributed by atoms with van der Waals surface area (Å²) in [5.41, 5.74) is 2.80. The number of aromatic nitrogens is 2. The third kappa shape index (κ3) is 3.91. The number of methoxy groups -OCH3 is 1. The van der Waals surface area contributed by atoms with Gasteiger partial charge in [0.2, 0.25) is 17.6 Å². The van der Waals surface area contributed by atoms with Crippen LogP contribution in [0.4, 0.5) is 5.69 Å². The molecular formula is C20H21N3O3. The molecule has 0 aliphatic carbocycles. The van der Waals surface area contributed by atoms with Crippen LogP contribution in [0.2, 0.25) is 0 Å². The second kappa shape index (κ2) is 7.82. The normalized spacial score (nSPS) is 10.6. The first-order valence-corrected chi connectivity index (χ1v) is 8.37. The highest BCUT2D eigenvalue weighted by Gasteiger charge is 2.15. The van der Waals surface area contributed by atoms with Crippen LogP contribution >= 0.6 is 0 Å². The number of carbonyl (C=O) groups is 1. The van der Waals surface area contributed by atoms with Crippen molar-refractivity contribution in [2.45, 2.75) is 19.8 Å². The Morgan fingerprint density at radius 1 is 1.15 bits per heavy atom. The summed E-state index contributed by atoms with van der Waals surface area (Å²) < 4.78 is 10.4. The van der Waals surface area contributed by atoms with Crippen molar-refractivity contribution in [3.8, 4) is 17.1 Å². The quantitative estimate of drug-likeness (QED) is 0.678. The molecule has 0 radical (unpaired) electrons. The highest BCUT2D eigenvalue weighted by atomic mass is 16.5. The maximum atomic E-state index is 12.4. The van der Waals surface area contributed by atoms with Gasteiger partial charge in [0.15, 0.2) is 0 Å². The number of ether oxygens (including phenoxy) is 1. The van der Waals surface area contributed by atoms with E-state index in [1.54, 1.807) is 19.1 Å². The molecule has 1 aromatic heterocycles. The minimum absolute atomic E-state index is 0.00324. The highest BCUT2D eigenvalue weighted by molar-refractivity contribution is 5.93. The van der Waals surface area contributed by atoms with Crippen molar-refractivity contribution in [2.75, 3.05) is 19.1 Å². The summed E-state index contributed by atoms with van der Waals surface area (Å²) in [6.45, 7) is 1.98. The Morgan fingerprint density at radius 2 is 1.88 bits per heavy atom. The number of nitrogens with zero attached hydrogens (tertiary/aromatic N) is 3. The first kappa shape index (κ1) is 17.7. The van der Waals surface area contributed by atoms with Crippen molar-refractivity contribution >= 4 is 11.6 Å². The Kier molecular flexibility index (Phi) is 5.31. The SMILES string of the molecule is COc1ccc(-c2noc(CCC(=O)N(C)c3ccccc3C)n2)cc1. The lowest BCUT2D eigenvalue weighted by Crippen LogP contribution is -2.27. The van der Waals surface area contributed by atoms with Crippen LogP contribution in [0.3, 0.4) is 0 Å². The van der Waals surface area contributed by atoms with Crippen molar-refractivity contribution in [1.29, 1.82) is 0 Å². The van der Waals surface area contributed by atoms with Crippen molar-refractivity contribution in [1.82, 2.24) is 10.1 Å². The van der Waals surface area contributed by atoms with Crippen molar-refractivity contribution in [2.24, 2.45) is 0 Å². The van der Waals surface area contributed by atoms with Gasteiger partial charge in [-0.05, 0) is 42.8 Å². The molecule has 6 heteroatoms. The lowest BCUT2D eigenvalue weighted by Gasteiger charge is -2.19. The molecule has 0 aliphatic heterocycles. The summed E-state index contributed by atoms with van der Waals surface area (Å²) in [6, 6.07) is 15.2. The van der Waals surface area contributed by atoms with Crippen LogP contribution in [0, 0.1) is 6.92 Å². The van der Waals surface area contributed by atoms with Crippen LogP contribution in [0.15, 0.2) is 53.1 Å². The van der Waals surface area contributed by atoms with Crippen LogP contribution in [-0.2, 0) is 11.2 Å². The molecule has 0 saturated carbocycles. The van der Waals surface area contributed by atoms with E-state index < -0.39 is 0 Å². The second-order valence-electron chi connectivity index (χ2n) is 5.98. The average molecular weight is 351 g/mol. The molecule has 2 aromatic carbocycles. The summed E-state index contributed by atoms with van der Waals surface area (Å²) in [5.74, 6) is 1.72. The Hall–Kier alpha value is -3.15. The fourth-order valence-electron chi connectivity index (χ4n) is 2.67. The predicted octanol–water partition coefficient (Wildman–Crippen LogP) is 3.65. The fourth-order valence-corrected chi connectivity index (χ4v) is 2.67. The average Bonchev–Trinajstić information content (AvgIpc) is 3.15. The minimum Gasteiger partial charge on any atom is -0.497 e. The molecule has 26 heavy (non-hydrogen) atoms. The van der Waals surface area contributed by atoms with Gasteiger partial charge in [0.05, 0.1) is 7.11 Å². The van der Waals surface area contributed by atoms with E-state index in [2.05, 4.69) is 10.1 Å². The first-order chi connectivity index (χ1) is 12.6. The number of hydrogen-bond donors (Lipinski definition) is 0. The van der Waals surface area contributed by atoms with Gasteiger partial charge in [0.25, 0.3) is 0 Å². The molecule has 0 N–H and O–H groups in total. The maximum Gasteiger partial charge on any atom is 0.227 e. The lowest BCUT2D eigenvalue weighted by molar-refractivity contribution is -0.118.